The van der Waals surface area contributed by atoms with Gasteiger partial charge in [-0.05, 0) is 25.7 Å². The maximum atomic E-state index is 12.1. The molecule has 0 aromatic heterocycles. The molecule has 1 saturated carbocycles. The Morgan fingerprint density at radius 2 is 1.92 bits per heavy atom. The molecule has 1 rings (SSSR count). The normalized spacial score (nSPS) is 18.4. The maximum Gasteiger partial charge on any atom is 0.143 e. The largest absolute Gasteiger partial charge is 0.329 e. The quantitative estimate of drug-likeness (QED) is 0.709. The van der Waals surface area contributed by atoms with Gasteiger partial charge in [0.2, 0.25) is 0 Å². The van der Waals surface area contributed by atoms with Crippen molar-refractivity contribution in [3.8, 4) is 0 Å². The Morgan fingerprint density at radius 1 is 1.38 bits per heavy atom. The highest BCUT2D eigenvalue weighted by Gasteiger charge is 2.39. The van der Waals surface area contributed by atoms with Crippen molar-refractivity contribution in [2.45, 2.75) is 46.0 Å². The molecule has 13 heavy (non-hydrogen) atoms. The third kappa shape index (κ3) is 1.78. The zero-order valence-corrected chi connectivity index (χ0v) is 8.81. The summed E-state index contributed by atoms with van der Waals surface area (Å²) < 4.78 is 0. The Balaban J connectivity index is 2.67. The lowest BCUT2D eigenvalue weighted by Crippen LogP contribution is -2.43. The summed E-state index contributed by atoms with van der Waals surface area (Å²) in [4.78, 5) is 12.1. The van der Waals surface area contributed by atoms with E-state index in [1.807, 2.05) is 0 Å². The Bertz CT molecular complexity index is 172. The molecule has 1 aliphatic rings. The summed E-state index contributed by atoms with van der Waals surface area (Å²) in [5.74, 6) is 0.773. The van der Waals surface area contributed by atoms with E-state index in [2.05, 4.69) is 13.8 Å². The van der Waals surface area contributed by atoms with Gasteiger partial charge in [0.25, 0.3) is 0 Å². The highest BCUT2D eigenvalue weighted by molar-refractivity contribution is 5.87. The molecule has 2 N–H and O–H groups in total. The molecule has 1 aliphatic carbocycles. The standard InChI is InChI=1S/C11H21NO/c1-3-11(4-2,8-12)10(13)9-6-5-7-9/h9H,3-8,12H2,1-2H3. The van der Waals surface area contributed by atoms with Crippen molar-refractivity contribution < 1.29 is 4.79 Å². The maximum absolute atomic E-state index is 12.1. The monoisotopic (exact) mass is 183 g/mol. The topological polar surface area (TPSA) is 43.1 Å². The van der Waals surface area contributed by atoms with Crippen LogP contribution in [0.3, 0.4) is 0 Å². The fraction of sp³-hybridized carbons (Fsp3) is 0.909. The number of rotatable bonds is 5. The van der Waals surface area contributed by atoms with Crippen molar-refractivity contribution in [2.75, 3.05) is 6.54 Å². The molecule has 0 aromatic carbocycles. The molecular formula is C11H21NO. The van der Waals surface area contributed by atoms with Crippen LogP contribution in [-0.4, -0.2) is 12.3 Å². The lowest BCUT2D eigenvalue weighted by Gasteiger charge is -2.36. The van der Waals surface area contributed by atoms with E-state index >= 15 is 0 Å². The van der Waals surface area contributed by atoms with Crippen molar-refractivity contribution >= 4 is 5.78 Å². The highest BCUT2D eigenvalue weighted by atomic mass is 16.1. The molecule has 0 amide bonds. The molecule has 0 atom stereocenters. The third-order valence-electron chi connectivity index (χ3n) is 3.74. The van der Waals surface area contributed by atoms with Crippen LogP contribution in [0.15, 0.2) is 0 Å². The summed E-state index contributed by atoms with van der Waals surface area (Å²) in [5, 5.41) is 0. The van der Waals surface area contributed by atoms with Gasteiger partial charge >= 0.3 is 0 Å². The van der Waals surface area contributed by atoms with Crippen LogP contribution in [0.5, 0.6) is 0 Å². The van der Waals surface area contributed by atoms with Gasteiger partial charge in [0.1, 0.15) is 5.78 Å². The fourth-order valence-corrected chi connectivity index (χ4v) is 2.09. The van der Waals surface area contributed by atoms with Crippen molar-refractivity contribution in [1.82, 2.24) is 0 Å². The molecule has 0 unspecified atom stereocenters. The van der Waals surface area contributed by atoms with Gasteiger partial charge in [-0.2, -0.15) is 0 Å². The van der Waals surface area contributed by atoms with E-state index in [9.17, 15) is 4.79 Å². The SMILES string of the molecule is CCC(CC)(CN)C(=O)C1CCC1. The van der Waals surface area contributed by atoms with E-state index in [-0.39, 0.29) is 5.41 Å². The zero-order valence-electron chi connectivity index (χ0n) is 8.81. The summed E-state index contributed by atoms with van der Waals surface area (Å²) in [5.41, 5.74) is 5.52. The van der Waals surface area contributed by atoms with E-state index < -0.39 is 0 Å². The van der Waals surface area contributed by atoms with Crippen molar-refractivity contribution in [1.29, 1.82) is 0 Å². The summed E-state index contributed by atoms with van der Waals surface area (Å²) >= 11 is 0. The van der Waals surface area contributed by atoms with Gasteiger partial charge in [-0.3, -0.25) is 4.79 Å². The Morgan fingerprint density at radius 3 is 2.15 bits per heavy atom. The second kappa shape index (κ2) is 4.23. The van der Waals surface area contributed by atoms with E-state index in [0.717, 1.165) is 25.7 Å². The summed E-state index contributed by atoms with van der Waals surface area (Å²) in [6.07, 6.45) is 5.22. The van der Waals surface area contributed by atoms with Crippen molar-refractivity contribution in [3.05, 3.63) is 0 Å². The van der Waals surface area contributed by atoms with E-state index in [1.165, 1.54) is 6.42 Å². The van der Waals surface area contributed by atoms with Crippen LogP contribution < -0.4 is 5.73 Å². The molecule has 0 aromatic rings. The van der Waals surface area contributed by atoms with Gasteiger partial charge in [0.05, 0.1) is 0 Å². The molecule has 2 nitrogen and oxygen atoms in total. The second-order valence-corrected chi connectivity index (χ2v) is 4.18. The summed E-state index contributed by atoms with van der Waals surface area (Å²) in [7, 11) is 0. The fourth-order valence-electron chi connectivity index (χ4n) is 2.09. The van der Waals surface area contributed by atoms with E-state index in [4.69, 9.17) is 5.73 Å². The number of carbonyl (C=O) groups excluding carboxylic acids is 1. The summed E-state index contributed by atoms with van der Waals surface area (Å²) in [6.45, 7) is 4.68. The number of hydrogen-bond donors (Lipinski definition) is 1. The van der Waals surface area contributed by atoms with Crippen LogP contribution in [0.25, 0.3) is 0 Å². The molecule has 1 fully saturated rings. The molecule has 0 saturated heterocycles. The molecule has 0 aliphatic heterocycles. The first-order valence-electron chi connectivity index (χ1n) is 5.44. The van der Waals surface area contributed by atoms with Gasteiger partial charge in [-0.25, -0.2) is 0 Å². The van der Waals surface area contributed by atoms with Gasteiger partial charge in [0, 0.05) is 17.9 Å². The molecule has 76 valence electrons. The van der Waals surface area contributed by atoms with Crippen LogP contribution in [-0.2, 0) is 4.79 Å². The molecule has 0 radical (unpaired) electrons. The number of carbonyl (C=O) groups is 1. The molecule has 0 spiro atoms. The van der Waals surface area contributed by atoms with Gasteiger partial charge < -0.3 is 5.73 Å². The minimum atomic E-state index is -0.203. The highest BCUT2D eigenvalue weighted by Crippen LogP contribution is 2.37. The van der Waals surface area contributed by atoms with Crippen molar-refractivity contribution in [3.63, 3.8) is 0 Å². The number of ketones is 1. The average Bonchev–Trinajstić information content (AvgIpc) is 2.05. The lowest BCUT2D eigenvalue weighted by molar-refractivity contribution is -0.135. The van der Waals surface area contributed by atoms with Crippen LogP contribution in [0.1, 0.15) is 46.0 Å². The minimum absolute atomic E-state index is 0.203. The van der Waals surface area contributed by atoms with E-state index in [1.54, 1.807) is 0 Å². The van der Waals surface area contributed by atoms with Crippen LogP contribution in [0, 0.1) is 11.3 Å². The molecular weight excluding hydrogens is 162 g/mol. The first-order chi connectivity index (χ1) is 6.20. The lowest BCUT2D eigenvalue weighted by atomic mass is 9.68. The first-order valence-corrected chi connectivity index (χ1v) is 5.44. The predicted octanol–water partition coefficient (Wildman–Crippen LogP) is 2.12. The van der Waals surface area contributed by atoms with Gasteiger partial charge in [-0.1, -0.05) is 20.3 Å². The summed E-state index contributed by atoms with van der Waals surface area (Å²) in [6, 6.07) is 0. The van der Waals surface area contributed by atoms with Crippen LogP contribution in [0.2, 0.25) is 0 Å². The Hall–Kier alpha value is -0.370. The smallest absolute Gasteiger partial charge is 0.143 e. The molecule has 0 bridgehead atoms. The molecule has 0 heterocycles. The van der Waals surface area contributed by atoms with E-state index in [0.29, 0.717) is 18.2 Å². The number of Topliss-reactive ketones (excluding diaryl/α,β-unsaturated/α-hetero) is 1. The Labute approximate surface area is 80.9 Å². The number of nitrogens with two attached hydrogens (primary N) is 1. The van der Waals surface area contributed by atoms with Crippen molar-refractivity contribution in [2.24, 2.45) is 17.1 Å². The first kappa shape index (κ1) is 10.7. The van der Waals surface area contributed by atoms with Gasteiger partial charge in [0.15, 0.2) is 0 Å². The molecule has 2 heteroatoms. The second-order valence-electron chi connectivity index (χ2n) is 4.18. The van der Waals surface area contributed by atoms with Crippen LogP contribution in [0.4, 0.5) is 0 Å². The minimum Gasteiger partial charge on any atom is -0.329 e. The van der Waals surface area contributed by atoms with Crippen LogP contribution >= 0.6 is 0 Å². The number of hydrogen-bond acceptors (Lipinski definition) is 2. The van der Waals surface area contributed by atoms with Gasteiger partial charge in [-0.15, -0.1) is 0 Å². The predicted molar refractivity (Wildman–Crippen MR) is 54.4 cm³/mol. The average molecular weight is 183 g/mol. The Kier molecular flexibility index (Phi) is 3.48. The third-order valence-corrected chi connectivity index (χ3v) is 3.74. The zero-order chi connectivity index (χ0) is 9.90.